The number of hydrogen-bond acceptors (Lipinski definition) is 16. The van der Waals surface area contributed by atoms with E-state index in [2.05, 4.69) is 52.8 Å². The summed E-state index contributed by atoms with van der Waals surface area (Å²) in [7, 11) is 0. The topological polar surface area (TPSA) is 398 Å². The molecule has 3 aromatic rings. The maximum atomic E-state index is 14.2. The van der Waals surface area contributed by atoms with E-state index in [4.69, 9.17) is 10.4 Å². The summed E-state index contributed by atoms with van der Waals surface area (Å²) < 4.78 is 4.71. The number of aromatic nitrogens is 2. The lowest BCUT2D eigenvalue weighted by atomic mass is 10.0. The summed E-state index contributed by atoms with van der Waals surface area (Å²) in [4.78, 5) is 127. The van der Waals surface area contributed by atoms with Crippen LogP contribution in [-0.4, -0.2) is 135 Å². The number of aliphatic carboxylic acids is 1. The van der Waals surface area contributed by atoms with Crippen LogP contribution in [0.3, 0.4) is 0 Å². The van der Waals surface area contributed by atoms with Crippen molar-refractivity contribution in [2.75, 3.05) is 25.0 Å². The van der Waals surface area contributed by atoms with Crippen LogP contribution in [0.2, 0.25) is 0 Å². The minimum Gasteiger partial charge on any atom is -0.481 e. The van der Waals surface area contributed by atoms with Gasteiger partial charge in [0.25, 0.3) is 0 Å². The van der Waals surface area contributed by atoms with E-state index < -0.39 is 120 Å². The number of anilines is 1. The van der Waals surface area contributed by atoms with E-state index in [9.17, 15) is 63.5 Å². The number of benzene rings is 2. The fourth-order valence-electron chi connectivity index (χ4n) is 6.67. The predicted octanol–water partition coefficient (Wildman–Crippen LogP) is -1.59. The minimum atomic E-state index is -1.76. The Morgan fingerprint density at radius 1 is 0.750 bits per heavy atom. The van der Waals surface area contributed by atoms with Crippen LogP contribution in [-0.2, 0) is 49.6 Å². The molecular weight excluding hydrogens is 897 g/mol. The van der Waals surface area contributed by atoms with E-state index >= 15 is 0 Å². The fourth-order valence-corrected chi connectivity index (χ4v) is 6.67. The summed E-state index contributed by atoms with van der Waals surface area (Å²) in [6.07, 6.45) is 0.451. The summed E-state index contributed by atoms with van der Waals surface area (Å²) in [6.45, 7) is 4.67. The first-order valence-electron chi connectivity index (χ1n) is 21.6. The van der Waals surface area contributed by atoms with E-state index in [1.807, 2.05) is 6.92 Å². The second-order valence-electron chi connectivity index (χ2n) is 16.0. The Bertz CT molecular complexity index is 2260. The van der Waals surface area contributed by atoms with Crippen LogP contribution in [0.4, 0.5) is 11.4 Å². The number of primary amides is 1. The maximum absolute atomic E-state index is 14.2. The SMILES string of the molecule is CCCC[C@H](NC(=O)[C@H](CC(C)C)NC(=O)CNC(=O)C(CCNc1ccc([N+](=O)[O-])c2nonc12)NC(=O)[C@H](Cc1ccccc1)NC(=O)[C@H](CO)NC(=O)[C@H](CC(=O)O)NC(C)=O)C(N)=O. The summed E-state index contributed by atoms with van der Waals surface area (Å²) >= 11 is 0. The molecule has 6 atom stereocenters. The van der Waals surface area contributed by atoms with Crippen molar-refractivity contribution in [2.24, 2.45) is 11.7 Å². The number of amides is 8. The molecule has 0 aliphatic heterocycles. The summed E-state index contributed by atoms with van der Waals surface area (Å²) in [5, 5.41) is 58.0. The number of carboxylic acid groups (broad SMARTS) is 1. The molecule has 1 heterocycles. The number of fused-ring (bicyclic) bond motifs is 1. The quantitative estimate of drug-likeness (QED) is 0.0276. The van der Waals surface area contributed by atoms with Crippen molar-refractivity contribution in [3.05, 3.63) is 58.1 Å². The minimum absolute atomic E-state index is 0.0177. The summed E-state index contributed by atoms with van der Waals surface area (Å²) in [6, 6.07) is 2.22. The van der Waals surface area contributed by atoms with Crippen molar-refractivity contribution in [1.29, 1.82) is 0 Å². The van der Waals surface area contributed by atoms with Crippen LogP contribution in [0.15, 0.2) is 47.1 Å². The molecule has 8 amide bonds. The number of nitrogens with zero attached hydrogens (tertiary/aromatic N) is 3. The van der Waals surface area contributed by atoms with E-state index in [0.717, 1.165) is 19.4 Å². The van der Waals surface area contributed by atoms with Crippen molar-refractivity contribution < 1.29 is 62.9 Å². The highest BCUT2D eigenvalue weighted by atomic mass is 16.6. The van der Waals surface area contributed by atoms with Crippen LogP contribution < -0.4 is 48.3 Å². The molecule has 12 N–H and O–H groups in total. The number of hydrogen-bond donors (Lipinski definition) is 11. The zero-order valence-electron chi connectivity index (χ0n) is 37.9. The molecule has 0 saturated heterocycles. The average Bonchev–Trinajstić information content (AvgIpc) is 3.78. The van der Waals surface area contributed by atoms with Gasteiger partial charge in [0.2, 0.25) is 52.8 Å². The first-order chi connectivity index (χ1) is 32.2. The number of aliphatic hydroxyl groups is 1. The number of rotatable bonds is 29. The van der Waals surface area contributed by atoms with Crippen molar-refractivity contribution in [2.45, 2.75) is 109 Å². The molecule has 0 aliphatic carbocycles. The number of carboxylic acids is 1. The van der Waals surface area contributed by atoms with Gasteiger partial charge in [0.05, 0.1) is 30.2 Å². The first kappa shape index (κ1) is 54.6. The Balaban J connectivity index is 1.89. The van der Waals surface area contributed by atoms with E-state index in [-0.39, 0.29) is 54.9 Å². The standard InChI is InChI=1S/C42H58N12O14/c1-5-6-12-26(37(43)60)48-39(62)28(17-22(2)3)47-33(57)20-45-38(61)27(15-16-44-25-13-14-32(54(66)67)36-35(25)52-68-53-36)49-40(63)29(18-24-10-8-7-9-11-24)50-42(65)31(21-55)51-41(64)30(19-34(58)59)46-23(4)56/h7-11,13-14,22,26-31,44,55H,5-6,12,15-21H2,1-4H3,(H2,43,60)(H,45,61)(H,46,56)(H,47,57)(H,48,62)(H,49,63)(H,50,65)(H,51,64)(H,58,59)/t26-,27?,28-,29-,30-,31-/m0/s1. The van der Waals surface area contributed by atoms with Gasteiger partial charge in [-0.15, -0.1) is 0 Å². The molecule has 68 heavy (non-hydrogen) atoms. The number of nitro benzene ring substituents is 1. The Morgan fingerprint density at radius 3 is 1.96 bits per heavy atom. The Kier molecular flexibility index (Phi) is 21.7. The normalized spacial score (nSPS) is 13.6. The smallest absolute Gasteiger partial charge is 0.305 e. The van der Waals surface area contributed by atoms with Crippen LogP contribution >= 0.6 is 0 Å². The molecule has 0 bridgehead atoms. The number of carbonyl (C=O) groups excluding carboxylic acids is 8. The van der Waals surface area contributed by atoms with Gasteiger partial charge in [-0.05, 0) is 47.1 Å². The Morgan fingerprint density at radius 2 is 1.35 bits per heavy atom. The molecule has 3 rings (SSSR count). The highest BCUT2D eigenvalue weighted by Crippen LogP contribution is 2.28. The zero-order chi connectivity index (χ0) is 50.5. The van der Waals surface area contributed by atoms with Gasteiger partial charge in [-0.3, -0.25) is 53.3 Å². The van der Waals surface area contributed by atoms with Gasteiger partial charge >= 0.3 is 11.7 Å². The highest BCUT2D eigenvalue weighted by molar-refractivity contribution is 5.98. The van der Waals surface area contributed by atoms with E-state index in [1.165, 1.54) is 6.07 Å². The van der Waals surface area contributed by atoms with Crippen LogP contribution in [0, 0.1) is 16.0 Å². The molecule has 1 aromatic heterocycles. The number of nitrogens with one attached hydrogen (secondary N) is 8. The molecule has 0 radical (unpaired) electrons. The van der Waals surface area contributed by atoms with E-state index in [1.54, 1.807) is 44.2 Å². The van der Waals surface area contributed by atoms with Crippen molar-refractivity contribution in [3.8, 4) is 0 Å². The molecule has 0 fully saturated rings. The molecule has 1 unspecified atom stereocenters. The van der Waals surface area contributed by atoms with Crippen molar-refractivity contribution in [1.82, 2.24) is 47.5 Å². The highest BCUT2D eigenvalue weighted by Gasteiger charge is 2.33. The van der Waals surface area contributed by atoms with Crippen molar-refractivity contribution >= 4 is 75.6 Å². The lowest BCUT2D eigenvalue weighted by molar-refractivity contribution is -0.383. The van der Waals surface area contributed by atoms with Gasteiger partial charge in [-0.1, -0.05) is 63.9 Å². The predicted molar refractivity (Wildman–Crippen MR) is 239 cm³/mol. The second-order valence-corrected chi connectivity index (χ2v) is 16.0. The molecule has 0 aliphatic rings. The maximum Gasteiger partial charge on any atom is 0.305 e. The third-order valence-electron chi connectivity index (χ3n) is 10.1. The first-order valence-corrected chi connectivity index (χ1v) is 21.6. The number of nitro groups is 1. The molecule has 26 nitrogen and oxygen atoms in total. The number of aliphatic hydroxyl groups excluding tert-OH is 1. The van der Waals surface area contributed by atoms with Gasteiger partial charge in [0.1, 0.15) is 36.3 Å². The monoisotopic (exact) mass is 954 g/mol. The largest absolute Gasteiger partial charge is 0.481 e. The average molecular weight is 955 g/mol. The van der Waals surface area contributed by atoms with Crippen LogP contribution in [0.25, 0.3) is 11.0 Å². The van der Waals surface area contributed by atoms with E-state index in [0.29, 0.717) is 12.0 Å². The third kappa shape index (κ3) is 17.6. The Hall–Kier alpha value is -7.77. The summed E-state index contributed by atoms with van der Waals surface area (Å²) in [5.41, 5.74) is 5.63. The third-order valence-corrected chi connectivity index (χ3v) is 10.1. The number of non-ortho nitro benzene ring substituents is 1. The molecular formula is C42H58N12O14. The van der Waals surface area contributed by atoms with Crippen LogP contribution in [0.1, 0.15) is 71.8 Å². The van der Waals surface area contributed by atoms with Gasteiger partial charge < -0.3 is 58.5 Å². The lowest BCUT2D eigenvalue weighted by Crippen LogP contribution is -2.60. The fraction of sp³-hybridized carbons (Fsp3) is 0.500. The zero-order valence-corrected chi connectivity index (χ0v) is 37.9. The summed E-state index contributed by atoms with van der Waals surface area (Å²) in [5.74, 6) is -8.65. The Labute approximate surface area is 389 Å². The van der Waals surface area contributed by atoms with Gasteiger partial charge in [0, 0.05) is 26.0 Å². The number of carbonyl (C=O) groups is 9. The molecule has 26 heteroatoms. The number of unbranched alkanes of at least 4 members (excludes halogenated alkanes) is 1. The molecule has 370 valence electrons. The second kappa shape index (κ2) is 27.0. The van der Waals surface area contributed by atoms with Crippen LogP contribution in [0.5, 0.6) is 0 Å². The van der Waals surface area contributed by atoms with Gasteiger partial charge in [-0.25, -0.2) is 4.63 Å². The molecule has 0 spiro atoms. The van der Waals surface area contributed by atoms with Gasteiger partial charge in [0.15, 0.2) is 5.52 Å². The molecule has 2 aromatic carbocycles. The van der Waals surface area contributed by atoms with Crippen molar-refractivity contribution in [3.63, 3.8) is 0 Å². The molecule has 0 saturated carbocycles. The number of nitrogens with two attached hydrogens (primary N) is 1. The van der Waals surface area contributed by atoms with Gasteiger partial charge in [-0.2, -0.15) is 0 Å². The lowest BCUT2D eigenvalue weighted by Gasteiger charge is -2.26.